The smallest absolute Gasteiger partial charge is 0.331 e. The summed E-state index contributed by atoms with van der Waals surface area (Å²) in [6, 6.07) is 1.42. The van der Waals surface area contributed by atoms with E-state index in [1.165, 1.54) is 24.6 Å². The van der Waals surface area contributed by atoms with E-state index in [1.54, 1.807) is 13.8 Å². The fourth-order valence-electron chi connectivity index (χ4n) is 3.74. The van der Waals surface area contributed by atoms with Crippen LogP contribution in [0.4, 0.5) is 10.5 Å². The molecule has 4 rings (SSSR count). The number of amides is 2. The zero-order valence-electron chi connectivity index (χ0n) is 17.0. The Morgan fingerprint density at radius 3 is 2.60 bits per heavy atom. The van der Waals surface area contributed by atoms with Crippen molar-refractivity contribution in [1.29, 1.82) is 4.78 Å². The maximum Gasteiger partial charge on any atom is 0.331 e. The van der Waals surface area contributed by atoms with Crippen LogP contribution in [0, 0.1) is 10.7 Å². The summed E-state index contributed by atoms with van der Waals surface area (Å²) in [7, 11) is -3.60. The maximum absolute atomic E-state index is 12.9. The lowest BCUT2D eigenvalue weighted by Gasteiger charge is -2.29. The van der Waals surface area contributed by atoms with E-state index >= 15 is 0 Å². The van der Waals surface area contributed by atoms with Crippen molar-refractivity contribution in [3.8, 4) is 0 Å². The van der Waals surface area contributed by atoms with Crippen LogP contribution in [-0.4, -0.2) is 20.3 Å². The van der Waals surface area contributed by atoms with Crippen molar-refractivity contribution in [2.75, 3.05) is 5.32 Å². The number of carbonyl (C=O) groups excluding carboxylic acids is 1. The molecule has 0 aliphatic heterocycles. The van der Waals surface area contributed by atoms with E-state index in [9.17, 15) is 14.1 Å². The molecule has 2 aliphatic carbocycles. The van der Waals surface area contributed by atoms with Crippen LogP contribution >= 0.6 is 27.3 Å². The number of aromatic nitrogens is 1. The van der Waals surface area contributed by atoms with E-state index in [4.69, 9.17) is 4.78 Å². The zero-order chi connectivity index (χ0) is 21.8. The molecule has 0 radical (unpaired) electrons. The van der Waals surface area contributed by atoms with Gasteiger partial charge in [-0.1, -0.05) is 22.9 Å². The lowest BCUT2D eigenvalue weighted by molar-refractivity contribution is 0.0783. The van der Waals surface area contributed by atoms with Crippen molar-refractivity contribution >= 4 is 48.9 Å². The first-order chi connectivity index (χ1) is 14.0. The van der Waals surface area contributed by atoms with Crippen molar-refractivity contribution < 1.29 is 14.1 Å². The Kier molecular flexibility index (Phi) is 5.49. The fraction of sp³-hybridized carbons (Fsp3) is 0.500. The molecule has 1 heterocycles. The minimum atomic E-state index is -3.60. The Balaban J connectivity index is 1.57. The molecule has 7 nitrogen and oxygen atoms in total. The molecule has 1 aromatic carbocycles. The Hall–Kier alpha value is -1.49. The van der Waals surface area contributed by atoms with Gasteiger partial charge in [-0.25, -0.2) is 23.5 Å². The molecule has 2 atom stereocenters. The molecule has 1 fully saturated rings. The summed E-state index contributed by atoms with van der Waals surface area (Å²) in [6.07, 6.45) is 5.50. The van der Waals surface area contributed by atoms with Crippen molar-refractivity contribution in [2.24, 2.45) is 5.92 Å². The summed E-state index contributed by atoms with van der Waals surface area (Å²) in [5.74, 6) is 0.940. The number of rotatable bonds is 6. The normalized spacial score (nSPS) is 18.7. The second-order valence-electron chi connectivity index (χ2n) is 8.56. The van der Waals surface area contributed by atoms with E-state index in [0.29, 0.717) is 16.8 Å². The molecule has 1 aromatic heterocycles. The van der Waals surface area contributed by atoms with Gasteiger partial charge in [-0.05, 0) is 74.1 Å². The number of urea groups is 1. The molecule has 0 bridgehead atoms. The monoisotopic (exact) mass is 512 g/mol. The predicted molar refractivity (Wildman–Crippen MR) is 121 cm³/mol. The molecular formula is C20H25BrN4O3S2. The van der Waals surface area contributed by atoms with Crippen molar-refractivity contribution in [3.05, 3.63) is 38.4 Å². The Morgan fingerprint density at radius 2 is 2.07 bits per heavy atom. The number of hydrogen-bond acceptors (Lipinski definition) is 6. The highest BCUT2D eigenvalue weighted by Gasteiger charge is 2.34. The van der Waals surface area contributed by atoms with Gasteiger partial charge in [0.1, 0.15) is 14.8 Å². The molecule has 10 heteroatoms. The second kappa shape index (κ2) is 7.58. The Labute approximate surface area is 188 Å². The molecule has 1 saturated carbocycles. The standard InChI is InChI=1S/C20H25BrN4O3S2/c1-10(11-4-5-11)14-8-15(21)12-6-7-13(12)17(14)24-19(26)25-30(22,28)16-9-23-18(29-16)20(2,3)27/h8-11,27H,4-7H2,1-3H3,(H3,22,24,25,26,28)/t10-,30?/m0/s1. The second-order valence-corrected chi connectivity index (χ2v) is 12.5. The number of nitrogens with zero attached hydrogens (tertiary/aromatic N) is 1. The van der Waals surface area contributed by atoms with Gasteiger partial charge >= 0.3 is 6.03 Å². The zero-order valence-corrected chi connectivity index (χ0v) is 20.3. The predicted octanol–water partition coefficient (Wildman–Crippen LogP) is 4.89. The number of hydrogen-bond donors (Lipinski definition) is 4. The van der Waals surface area contributed by atoms with Gasteiger partial charge in [0.15, 0.2) is 9.92 Å². The van der Waals surface area contributed by atoms with Crippen LogP contribution in [-0.2, 0) is 28.4 Å². The van der Waals surface area contributed by atoms with E-state index in [1.807, 2.05) is 0 Å². The molecule has 4 N–H and O–H groups in total. The number of benzene rings is 1. The van der Waals surface area contributed by atoms with Gasteiger partial charge in [-0.2, -0.15) is 0 Å². The number of carbonyl (C=O) groups is 1. The SMILES string of the molecule is C[C@H](c1cc(Br)c2c(c1NC(=O)NS(=N)(=O)c1cnc(C(C)(C)O)s1)CC2)C1CC1. The van der Waals surface area contributed by atoms with E-state index in [2.05, 4.69) is 43.9 Å². The van der Waals surface area contributed by atoms with Crippen LogP contribution in [0.1, 0.15) is 61.2 Å². The van der Waals surface area contributed by atoms with Crippen LogP contribution in [0.25, 0.3) is 0 Å². The Morgan fingerprint density at radius 1 is 1.40 bits per heavy atom. The average Bonchev–Trinajstić information content (AvgIpc) is 3.29. The van der Waals surface area contributed by atoms with Crippen molar-refractivity contribution in [3.63, 3.8) is 0 Å². The number of aliphatic hydroxyl groups is 1. The van der Waals surface area contributed by atoms with Crippen LogP contribution in [0.15, 0.2) is 20.9 Å². The van der Waals surface area contributed by atoms with Crippen LogP contribution in [0.5, 0.6) is 0 Å². The third-order valence-corrected chi connectivity index (χ3v) is 9.65. The minimum absolute atomic E-state index is 0.102. The van der Waals surface area contributed by atoms with Crippen LogP contribution < -0.4 is 10.0 Å². The molecule has 2 amide bonds. The number of nitrogens with one attached hydrogen (secondary N) is 3. The third kappa shape index (κ3) is 4.15. The van der Waals surface area contributed by atoms with E-state index in [0.717, 1.165) is 45.5 Å². The summed E-state index contributed by atoms with van der Waals surface area (Å²) in [4.78, 5) is 16.8. The molecule has 1 unspecified atom stereocenters. The molecular weight excluding hydrogens is 488 g/mol. The van der Waals surface area contributed by atoms with Crippen molar-refractivity contribution in [2.45, 2.75) is 62.2 Å². The van der Waals surface area contributed by atoms with Crippen LogP contribution in [0.3, 0.4) is 0 Å². The summed E-state index contributed by atoms with van der Waals surface area (Å²) >= 11 is 4.62. The highest BCUT2D eigenvalue weighted by molar-refractivity contribution is 9.10. The highest BCUT2D eigenvalue weighted by atomic mass is 79.9. The largest absolute Gasteiger partial charge is 0.383 e. The first-order valence-electron chi connectivity index (χ1n) is 9.87. The summed E-state index contributed by atoms with van der Waals surface area (Å²) in [6.45, 7) is 5.31. The van der Waals surface area contributed by atoms with E-state index < -0.39 is 21.5 Å². The molecule has 2 aromatic rings. The molecule has 0 saturated heterocycles. The molecule has 0 spiro atoms. The fourth-order valence-corrected chi connectivity index (χ4v) is 6.52. The van der Waals surface area contributed by atoms with Crippen molar-refractivity contribution in [1.82, 2.24) is 9.71 Å². The highest BCUT2D eigenvalue weighted by Crippen LogP contribution is 2.48. The van der Waals surface area contributed by atoms with E-state index in [-0.39, 0.29) is 4.21 Å². The molecule has 30 heavy (non-hydrogen) atoms. The Bertz CT molecular complexity index is 1120. The number of anilines is 1. The number of fused-ring (bicyclic) bond motifs is 1. The average molecular weight is 513 g/mol. The van der Waals surface area contributed by atoms with Gasteiger partial charge in [0.05, 0.1) is 6.20 Å². The molecule has 2 aliphatic rings. The quantitative estimate of drug-likeness (QED) is 0.440. The summed E-state index contributed by atoms with van der Waals surface area (Å²) < 4.78 is 24.5. The minimum Gasteiger partial charge on any atom is -0.383 e. The molecule has 162 valence electrons. The lowest BCUT2D eigenvalue weighted by atomic mass is 9.82. The van der Waals surface area contributed by atoms with Gasteiger partial charge in [0, 0.05) is 10.2 Å². The van der Waals surface area contributed by atoms with Gasteiger partial charge in [0.2, 0.25) is 0 Å². The first kappa shape index (κ1) is 21.7. The van der Waals surface area contributed by atoms with Gasteiger partial charge in [0.25, 0.3) is 0 Å². The first-order valence-corrected chi connectivity index (χ1v) is 13.0. The third-order valence-electron chi connectivity index (χ3n) is 5.74. The van der Waals surface area contributed by atoms with Gasteiger partial charge in [-0.15, -0.1) is 11.3 Å². The summed E-state index contributed by atoms with van der Waals surface area (Å²) in [5, 5.41) is 13.3. The van der Waals surface area contributed by atoms with Gasteiger partial charge < -0.3 is 10.4 Å². The van der Waals surface area contributed by atoms with Gasteiger partial charge in [-0.3, -0.25) is 0 Å². The topological polar surface area (TPSA) is 115 Å². The lowest BCUT2D eigenvalue weighted by Crippen LogP contribution is -2.34. The summed E-state index contributed by atoms with van der Waals surface area (Å²) in [5.41, 5.74) is 2.97. The van der Waals surface area contributed by atoms with Crippen LogP contribution in [0.2, 0.25) is 0 Å². The number of halogens is 1. The number of thiazole rings is 1. The maximum atomic E-state index is 12.9.